The Bertz CT molecular complexity index is 768. The number of benzene rings is 1. The second-order valence-electron chi connectivity index (χ2n) is 7.53. The van der Waals surface area contributed by atoms with E-state index >= 15 is 0 Å². The molecule has 2 fully saturated rings. The molecule has 2 aromatic rings. The molecule has 26 heavy (non-hydrogen) atoms. The van der Waals surface area contributed by atoms with Crippen LogP contribution in [0.4, 0.5) is 0 Å². The molecule has 1 aromatic heterocycles. The standard InChI is InChI=1S/C20H25ClN4O/c1-24-11-9-22-19(24)17-12-25(10-8-14-2-6-16(21)7-3-14)13-18(17)23-20(26)15-4-5-15/h2-3,6-7,9,11,15,17-18H,4-5,8,10,12-13H2,1H3,(H,23,26)/t17-,18-/m1/s1. The van der Waals surface area contributed by atoms with E-state index < -0.39 is 0 Å². The smallest absolute Gasteiger partial charge is 0.223 e. The Labute approximate surface area is 159 Å². The Morgan fingerprint density at radius 1 is 1.27 bits per heavy atom. The van der Waals surface area contributed by atoms with Crippen LogP contribution in [0, 0.1) is 5.92 Å². The number of hydrogen-bond acceptors (Lipinski definition) is 3. The molecule has 5 nitrogen and oxygen atoms in total. The molecule has 1 aliphatic heterocycles. The van der Waals surface area contributed by atoms with Crippen molar-refractivity contribution in [3.63, 3.8) is 0 Å². The molecule has 0 bridgehead atoms. The van der Waals surface area contributed by atoms with Gasteiger partial charge in [-0.15, -0.1) is 0 Å². The highest BCUT2D eigenvalue weighted by atomic mass is 35.5. The lowest BCUT2D eigenvalue weighted by atomic mass is 10.0. The maximum absolute atomic E-state index is 12.3. The molecular formula is C20H25ClN4O. The number of nitrogens with one attached hydrogen (secondary N) is 1. The van der Waals surface area contributed by atoms with Crippen molar-refractivity contribution < 1.29 is 4.79 Å². The summed E-state index contributed by atoms with van der Waals surface area (Å²) in [6.45, 7) is 2.77. The van der Waals surface area contributed by atoms with Gasteiger partial charge in [0.25, 0.3) is 0 Å². The minimum absolute atomic E-state index is 0.134. The van der Waals surface area contributed by atoms with Gasteiger partial charge < -0.3 is 14.8 Å². The Morgan fingerprint density at radius 2 is 2.04 bits per heavy atom. The van der Waals surface area contributed by atoms with Gasteiger partial charge in [-0.25, -0.2) is 4.98 Å². The van der Waals surface area contributed by atoms with Crippen molar-refractivity contribution in [3.8, 4) is 0 Å². The molecule has 1 amide bonds. The summed E-state index contributed by atoms with van der Waals surface area (Å²) in [4.78, 5) is 19.3. The number of carbonyl (C=O) groups is 1. The van der Waals surface area contributed by atoms with Crippen LogP contribution < -0.4 is 5.32 Å². The van der Waals surface area contributed by atoms with E-state index in [1.165, 1.54) is 5.56 Å². The molecule has 2 heterocycles. The van der Waals surface area contributed by atoms with E-state index in [1.54, 1.807) is 0 Å². The van der Waals surface area contributed by atoms with E-state index in [2.05, 4.69) is 31.9 Å². The van der Waals surface area contributed by atoms with Crippen LogP contribution in [-0.4, -0.2) is 46.0 Å². The fraction of sp³-hybridized carbons (Fsp3) is 0.500. The fourth-order valence-electron chi connectivity index (χ4n) is 3.79. The molecular weight excluding hydrogens is 348 g/mol. The molecule has 2 atom stereocenters. The highest BCUT2D eigenvalue weighted by Gasteiger charge is 2.39. The molecule has 1 saturated heterocycles. The van der Waals surface area contributed by atoms with Crippen LogP contribution in [0.15, 0.2) is 36.7 Å². The summed E-state index contributed by atoms with van der Waals surface area (Å²) < 4.78 is 2.07. The van der Waals surface area contributed by atoms with Gasteiger partial charge in [0.1, 0.15) is 5.82 Å². The first-order valence-electron chi connectivity index (χ1n) is 9.34. The summed E-state index contributed by atoms with van der Waals surface area (Å²) in [5.74, 6) is 1.75. The van der Waals surface area contributed by atoms with E-state index in [0.717, 1.165) is 49.7 Å². The summed E-state index contributed by atoms with van der Waals surface area (Å²) in [6.07, 6.45) is 6.86. The Hall–Kier alpha value is -1.85. The predicted octanol–water partition coefficient (Wildman–Crippen LogP) is 2.61. The molecule has 6 heteroatoms. The highest BCUT2D eigenvalue weighted by Crippen LogP contribution is 2.31. The van der Waals surface area contributed by atoms with Gasteiger partial charge >= 0.3 is 0 Å². The minimum Gasteiger partial charge on any atom is -0.351 e. The first kappa shape index (κ1) is 17.6. The Balaban J connectivity index is 1.42. The van der Waals surface area contributed by atoms with Gasteiger partial charge in [-0.2, -0.15) is 0 Å². The number of halogens is 1. The van der Waals surface area contributed by atoms with Crippen LogP contribution in [0.5, 0.6) is 0 Å². The lowest BCUT2D eigenvalue weighted by Gasteiger charge is -2.19. The van der Waals surface area contributed by atoms with Crippen molar-refractivity contribution in [2.24, 2.45) is 13.0 Å². The zero-order valence-electron chi connectivity index (χ0n) is 15.1. The minimum atomic E-state index is 0.134. The Kier molecular flexibility index (Phi) is 5.00. The number of rotatable bonds is 6. The number of likely N-dealkylation sites (tertiary alicyclic amines) is 1. The average molecular weight is 373 g/mol. The van der Waals surface area contributed by atoms with Gasteiger partial charge in [-0.3, -0.25) is 4.79 Å². The van der Waals surface area contributed by atoms with Gasteiger partial charge in [0.2, 0.25) is 5.91 Å². The molecule has 0 spiro atoms. The second-order valence-corrected chi connectivity index (χ2v) is 7.96. The van der Waals surface area contributed by atoms with E-state index in [-0.39, 0.29) is 23.8 Å². The molecule has 1 saturated carbocycles. The van der Waals surface area contributed by atoms with Crippen molar-refractivity contribution in [1.29, 1.82) is 0 Å². The number of aromatic nitrogens is 2. The quantitative estimate of drug-likeness (QED) is 0.848. The van der Waals surface area contributed by atoms with E-state index in [1.807, 2.05) is 31.6 Å². The first-order chi connectivity index (χ1) is 12.6. The van der Waals surface area contributed by atoms with Crippen molar-refractivity contribution in [3.05, 3.63) is 53.1 Å². The van der Waals surface area contributed by atoms with Crippen molar-refractivity contribution in [2.75, 3.05) is 19.6 Å². The van der Waals surface area contributed by atoms with Gasteiger partial charge in [0.15, 0.2) is 0 Å². The number of imidazole rings is 1. The lowest BCUT2D eigenvalue weighted by Crippen LogP contribution is -2.41. The van der Waals surface area contributed by atoms with E-state index in [4.69, 9.17) is 11.6 Å². The molecule has 4 rings (SSSR count). The highest BCUT2D eigenvalue weighted by molar-refractivity contribution is 6.30. The zero-order valence-corrected chi connectivity index (χ0v) is 15.8. The normalized spacial score (nSPS) is 23.3. The summed E-state index contributed by atoms with van der Waals surface area (Å²) in [5, 5.41) is 4.06. The predicted molar refractivity (Wildman–Crippen MR) is 102 cm³/mol. The summed E-state index contributed by atoms with van der Waals surface area (Å²) in [5.41, 5.74) is 1.29. The molecule has 1 N–H and O–H groups in total. The number of amides is 1. The van der Waals surface area contributed by atoms with E-state index in [9.17, 15) is 4.79 Å². The maximum atomic E-state index is 12.3. The topological polar surface area (TPSA) is 50.2 Å². The summed E-state index contributed by atoms with van der Waals surface area (Å²) >= 11 is 5.97. The number of nitrogens with zero attached hydrogens (tertiary/aromatic N) is 3. The van der Waals surface area contributed by atoms with Gasteiger partial charge in [-0.1, -0.05) is 23.7 Å². The molecule has 0 radical (unpaired) electrons. The third-order valence-corrected chi connectivity index (χ3v) is 5.74. The van der Waals surface area contributed by atoms with E-state index in [0.29, 0.717) is 0 Å². The third kappa shape index (κ3) is 3.94. The second kappa shape index (κ2) is 7.41. The fourth-order valence-corrected chi connectivity index (χ4v) is 3.92. The molecule has 1 aliphatic carbocycles. The number of aryl methyl sites for hydroxylation is 1. The van der Waals surface area contributed by atoms with Crippen LogP contribution in [0.25, 0.3) is 0 Å². The molecule has 1 aromatic carbocycles. The lowest BCUT2D eigenvalue weighted by molar-refractivity contribution is -0.123. The third-order valence-electron chi connectivity index (χ3n) is 5.49. The van der Waals surface area contributed by atoms with Crippen LogP contribution in [0.2, 0.25) is 5.02 Å². The average Bonchev–Trinajstić information content (AvgIpc) is 3.29. The van der Waals surface area contributed by atoms with Gasteiger partial charge in [0, 0.05) is 50.0 Å². The zero-order chi connectivity index (χ0) is 18.1. The Morgan fingerprint density at radius 3 is 2.69 bits per heavy atom. The van der Waals surface area contributed by atoms with Gasteiger partial charge in [0.05, 0.1) is 12.0 Å². The van der Waals surface area contributed by atoms with Crippen LogP contribution in [0.3, 0.4) is 0 Å². The maximum Gasteiger partial charge on any atom is 0.223 e. The summed E-state index contributed by atoms with van der Waals surface area (Å²) in [6, 6.07) is 8.18. The van der Waals surface area contributed by atoms with Crippen molar-refractivity contribution in [1.82, 2.24) is 19.8 Å². The van der Waals surface area contributed by atoms with Crippen LogP contribution >= 0.6 is 11.6 Å². The summed E-state index contributed by atoms with van der Waals surface area (Å²) in [7, 11) is 2.03. The molecule has 0 unspecified atom stereocenters. The van der Waals surface area contributed by atoms with Crippen molar-refractivity contribution in [2.45, 2.75) is 31.2 Å². The molecule has 138 valence electrons. The monoisotopic (exact) mass is 372 g/mol. The van der Waals surface area contributed by atoms with Crippen molar-refractivity contribution >= 4 is 17.5 Å². The largest absolute Gasteiger partial charge is 0.351 e. The molecule has 2 aliphatic rings. The van der Waals surface area contributed by atoms with Gasteiger partial charge in [-0.05, 0) is 37.0 Å². The van der Waals surface area contributed by atoms with Crippen LogP contribution in [0.1, 0.15) is 30.1 Å². The number of carbonyl (C=O) groups excluding carboxylic acids is 1. The number of hydrogen-bond donors (Lipinski definition) is 1. The van der Waals surface area contributed by atoms with Crippen LogP contribution in [-0.2, 0) is 18.3 Å². The first-order valence-corrected chi connectivity index (χ1v) is 9.72. The SMILES string of the molecule is Cn1ccnc1[C@@H]1CN(CCc2ccc(Cl)cc2)C[C@H]1NC(=O)C1CC1.